The lowest BCUT2D eigenvalue weighted by Gasteiger charge is -2.22. The number of likely N-dealkylation sites (tertiary alicyclic amines) is 1. The number of aromatic amines is 1. The number of likely N-dealkylation sites (N-methyl/N-ethyl adjacent to an activating group) is 1. The van der Waals surface area contributed by atoms with Gasteiger partial charge in [0.1, 0.15) is 17.2 Å². The smallest absolute Gasteiger partial charge is 0.254 e. The van der Waals surface area contributed by atoms with E-state index in [0.717, 1.165) is 30.7 Å². The maximum absolute atomic E-state index is 14.0. The van der Waals surface area contributed by atoms with Gasteiger partial charge in [0.25, 0.3) is 5.56 Å². The van der Waals surface area contributed by atoms with E-state index in [9.17, 15) is 9.18 Å². The first-order valence-electron chi connectivity index (χ1n) is 11.5. The van der Waals surface area contributed by atoms with Crippen LogP contribution in [0.2, 0.25) is 0 Å². The maximum atomic E-state index is 14.0. The van der Waals surface area contributed by atoms with Gasteiger partial charge in [-0.3, -0.25) is 9.69 Å². The van der Waals surface area contributed by atoms with Gasteiger partial charge in [0.05, 0.1) is 5.69 Å². The Labute approximate surface area is 192 Å². The molecule has 1 atom stereocenters. The van der Waals surface area contributed by atoms with Crippen molar-refractivity contribution < 1.29 is 4.39 Å². The van der Waals surface area contributed by atoms with Gasteiger partial charge < -0.3 is 10.3 Å². The molecule has 33 heavy (non-hydrogen) atoms. The van der Waals surface area contributed by atoms with Crippen molar-refractivity contribution in [2.75, 3.05) is 19.6 Å². The van der Waals surface area contributed by atoms with Crippen LogP contribution in [0.4, 0.5) is 4.39 Å². The second-order valence-electron chi connectivity index (χ2n) is 8.55. The predicted molar refractivity (Wildman–Crippen MR) is 129 cm³/mol. The Morgan fingerprint density at radius 2 is 2.00 bits per heavy atom. The summed E-state index contributed by atoms with van der Waals surface area (Å²) in [5, 5.41) is 9.03. The minimum atomic E-state index is -0.321. The Kier molecular flexibility index (Phi) is 6.07. The molecule has 170 valence electrons. The van der Waals surface area contributed by atoms with Crippen LogP contribution in [0.25, 0.3) is 28.0 Å². The predicted octanol–water partition coefficient (Wildman–Crippen LogP) is 4.09. The Balaban J connectivity index is 1.52. The first-order chi connectivity index (χ1) is 16.1. The van der Waals surface area contributed by atoms with Crippen LogP contribution in [0, 0.1) is 5.82 Å². The van der Waals surface area contributed by atoms with Crippen molar-refractivity contribution in [2.24, 2.45) is 0 Å². The molecule has 4 aromatic rings. The van der Waals surface area contributed by atoms with Crippen molar-refractivity contribution in [3.63, 3.8) is 0 Å². The third-order valence-corrected chi connectivity index (χ3v) is 6.46. The van der Waals surface area contributed by atoms with E-state index in [1.165, 1.54) is 25.0 Å². The Morgan fingerprint density at radius 3 is 2.79 bits per heavy atom. The molecule has 1 unspecified atom stereocenters. The molecule has 1 aliphatic rings. The van der Waals surface area contributed by atoms with E-state index in [1.807, 2.05) is 42.5 Å². The summed E-state index contributed by atoms with van der Waals surface area (Å²) < 4.78 is 15.7. The lowest BCUT2D eigenvalue weighted by Crippen LogP contribution is -2.38. The van der Waals surface area contributed by atoms with Crippen molar-refractivity contribution in [3.8, 4) is 16.9 Å². The lowest BCUT2D eigenvalue weighted by atomic mass is 10.1. The van der Waals surface area contributed by atoms with Gasteiger partial charge in [0, 0.05) is 35.6 Å². The lowest BCUT2D eigenvalue weighted by molar-refractivity contribution is 0.260. The SMILES string of the molecule is CCN1CCCC1CNCc1cc2c(-c3cccc(F)c3)nn(-c3ccccc3)c2[nH]c1=O. The van der Waals surface area contributed by atoms with E-state index in [2.05, 4.69) is 22.1 Å². The molecule has 0 radical (unpaired) electrons. The fraction of sp³-hybridized carbons (Fsp3) is 0.308. The largest absolute Gasteiger partial charge is 0.311 e. The molecule has 2 aromatic carbocycles. The summed E-state index contributed by atoms with van der Waals surface area (Å²) in [5.41, 5.74) is 3.24. The summed E-state index contributed by atoms with van der Waals surface area (Å²) in [6.07, 6.45) is 2.41. The summed E-state index contributed by atoms with van der Waals surface area (Å²) in [6.45, 7) is 5.71. The molecule has 2 N–H and O–H groups in total. The van der Waals surface area contributed by atoms with Gasteiger partial charge in [-0.2, -0.15) is 5.10 Å². The minimum Gasteiger partial charge on any atom is -0.311 e. The monoisotopic (exact) mass is 445 g/mol. The Morgan fingerprint density at radius 1 is 1.15 bits per heavy atom. The highest BCUT2D eigenvalue weighted by atomic mass is 19.1. The van der Waals surface area contributed by atoms with Gasteiger partial charge in [0.2, 0.25) is 0 Å². The molecule has 5 rings (SSSR count). The molecular formula is C26H28FN5O. The highest BCUT2D eigenvalue weighted by molar-refractivity contribution is 5.92. The molecule has 0 saturated carbocycles. The Hall–Kier alpha value is -3.29. The summed E-state index contributed by atoms with van der Waals surface area (Å²) in [7, 11) is 0. The summed E-state index contributed by atoms with van der Waals surface area (Å²) in [4.78, 5) is 18.5. The van der Waals surface area contributed by atoms with E-state index in [-0.39, 0.29) is 11.4 Å². The third-order valence-electron chi connectivity index (χ3n) is 6.46. The topological polar surface area (TPSA) is 66.0 Å². The van der Waals surface area contributed by atoms with Gasteiger partial charge in [0.15, 0.2) is 0 Å². The van der Waals surface area contributed by atoms with Crippen LogP contribution in [0.15, 0.2) is 65.5 Å². The van der Waals surface area contributed by atoms with E-state index < -0.39 is 0 Å². The second-order valence-corrected chi connectivity index (χ2v) is 8.55. The number of aromatic nitrogens is 3. The normalized spacial score (nSPS) is 16.6. The highest BCUT2D eigenvalue weighted by Crippen LogP contribution is 2.29. The Bertz CT molecular complexity index is 1310. The van der Waals surface area contributed by atoms with E-state index in [4.69, 9.17) is 5.10 Å². The van der Waals surface area contributed by atoms with Crippen molar-refractivity contribution in [1.29, 1.82) is 0 Å². The molecule has 2 aromatic heterocycles. The molecule has 7 heteroatoms. The van der Waals surface area contributed by atoms with Crippen LogP contribution in [0.1, 0.15) is 25.3 Å². The van der Waals surface area contributed by atoms with Crippen molar-refractivity contribution in [1.82, 2.24) is 25.0 Å². The number of H-pyrrole nitrogens is 1. The highest BCUT2D eigenvalue weighted by Gasteiger charge is 2.22. The van der Waals surface area contributed by atoms with Crippen LogP contribution in [0.5, 0.6) is 0 Å². The first kappa shape index (κ1) is 21.6. The number of halogens is 1. The number of benzene rings is 2. The average molecular weight is 446 g/mol. The average Bonchev–Trinajstić information content (AvgIpc) is 3.44. The molecule has 0 aliphatic carbocycles. The van der Waals surface area contributed by atoms with Crippen LogP contribution in [-0.4, -0.2) is 45.3 Å². The fourth-order valence-electron chi connectivity index (χ4n) is 4.77. The number of para-hydroxylation sites is 1. The number of nitrogens with zero attached hydrogens (tertiary/aromatic N) is 3. The molecule has 0 spiro atoms. The van der Waals surface area contributed by atoms with Crippen LogP contribution in [0.3, 0.4) is 0 Å². The molecule has 0 bridgehead atoms. The number of hydrogen-bond donors (Lipinski definition) is 2. The molecule has 0 amide bonds. The maximum Gasteiger partial charge on any atom is 0.254 e. The quantitative estimate of drug-likeness (QED) is 0.450. The standard InChI is InChI=1S/C26H28FN5O/c1-2-31-13-7-12-22(31)17-28-16-19-15-23-24(18-8-6-9-20(27)14-18)30-32(25(23)29-26(19)33)21-10-4-3-5-11-21/h3-6,8-11,14-15,22,28H,2,7,12-13,16-17H2,1H3,(H,29,33). The van der Waals surface area contributed by atoms with Gasteiger partial charge in [-0.05, 0) is 56.3 Å². The molecule has 3 heterocycles. The number of rotatable bonds is 7. The van der Waals surface area contributed by atoms with E-state index in [0.29, 0.717) is 35.1 Å². The van der Waals surface area contributed by atoms with Crippen molar-refractivity contribution >= 4 is 11.0 Å². The molecule has 1 aliphatic heterocycles. The molecule has 1 saturated heterocycles. The van der Waals surface area contributed by atoms with Crippen molar-refractivity contribution in [3.05, 3.63) is 82.4 Å². The van der Waals surface area contributed by atoms with Gasteiger partial charge in [-0.15, -0.1) is 0 Å². The third kappa shape index (κ3) is 4.34. The van der Waals surface area contributed by atoms with Gasteiger partial charge in [-0.25, -0.2) is 9.07 Å². The van der Waals surface area contributed by atoms with Crippen LogP contribution in [-0.2, 0) is 6.54 Å². The zero-order chi connectivity index (χ0) is 22.8. The van der Waals surface area contributed by atoms with Crippen molar-refractivity contribution in [2.45, 2.75) is 32.4 Å². The number of fused-ring (bicyclic) bond motifs is 1. The zero-order valence-corrected chi connectivity index (χ0v) is 18.7. The molecule has 6 nitrogen and oxygen atoms in total. The molecule has 1 fully saturated rings. The van der Waals surface area contributed by atoms with Crippen LogP contribution < -0.4 is 10.9 Å². The van der Waals surface area contributed by atoms with E-state index >= 15 is 0 Å². The van der Waals surface area contributed by atoms with Gasteiger partial charge in [-0.1, -0.05) is 37.3 Å². The minimum absolute atomic E-state index is 0.142. The van der Waals surface area contributed by atoms with Gasteiger partial charge >= 0.3 is 0 Å². The zero-order valence-electron chi connectivity index (χ0n) is 18.7. The molecular weight excluding hydrogens is 417 g/mol. The number of pyridine rings is 1. The fourth-order valence-corrected chi connectivity index (χ4v) is 4.77. The number of hydrogen-bond acceptors (Lipinski definition) is 4. The summed E-state index contributed by atoms with van der Waals surface area (Å²) in [6, 6.07) is 18.4. The van der Waals surface area contributed by atoms with E-state index in [1.54, 1.807) is 10.7 Å². The first-order valence-corrected chi connectivity index (χ1v) is 11.5. The number of nitrogens with one attached hydrogen (secondary N) is 2. The summed E-state index contributed by atoms with van der Waals surface area (Å²) >= 11 is 0. The summed E-state index contributed by atoms with van der Waals surface area (Å²) in [5.74, 6) is -0.321. The second kappa shape index (κ2) is 9.29. The van der Waals surface area contributed by atoms with Crippen LogP contribution >= 0.6 is 0 Å².